The molecule has 0 bridgehead atoms. The molecule has 2 aromatic carbocycles. The summed E-state index contributed by atoms with van der Waals surface area (Å²) in [6.07, 6.45) is 1.47. The minimum atomic E-state index is -0.275. The second-order valence-electron chi connectivity index (χ2n) is 5.43. The van der Waals surface area contributed by atoms with Gasteiger partial charge >= 0.3 is 0 Å². The Hall–Kier alpha value is -1.87. The first-order chi connectivity index (χ1) is 10.1. The van der Waals surface area contributed by atoms with Gasteiger partial charge in [0.05, 0.1) is 7.11 Å². The predicted molar refractivity (Wildman–Crippen MR) is 84.1 cm³/mol. The average molecular weight is 287 g/mol. The van der Waals surface area contributed by atoms with Crippen LogP contribution in [0.25, 0.3) is 0 Å². The lowest BCUT2D eigenvalue weighted by atomic mass is 9.92. The molecule has 0 aliphatic carbocycles. The summed E-state index contributed by atoms with van der Waals surface area (Å²) in [6, 6.07) is 13.6. The van der Waals surface area contributed by atoms with E-state index in [1.165, 1.54) is 18.2 Å². The van der Waals surface area contributed by atoms with E-state index in [1.807, 2.05) is 12.1 Å². The summed E-state index contributed by atoms with van der Waals surface area (Å²) in [4.78, 5) is 0. The standard InChI is InChI=1S/C18H22FNO/c1-13-5-3-6-14(9-13)10-15(12-20)11-16-7-4-8-17(21-2)18(16)19/h3-9,15H,10-12,20H2,1-2H3. The Morgan fingerprint density at radius 1 is 1.14 bits per heavy atom. The molecule has 2 N–H and O–H groups in total. The highest BCUT2D eigenvalue weighted by Gasteiger charge is 2.14. The predicted octanol–water partition coefficient (Wildman–Crippen LogP) is 3.50. The molecule has 112 valence electrons. The average Bonchev–Trinajstić information content (AvgIpc) is 2.48. The Morgan fingerprint density at radius 2 is 1.90 bits per heavy atom. The van der Waals surface area contributed by atoms with Crippen LogP contribution in [-0.2, 0) is 12.8 Å². The molecule has 0 radical (unpaired) electrons. The van der Waals surface area contributed by atoms with Crippen molar-refractivity contribution in [3.8, 4) is 5.75 Å². The maximum Gasteiger partial charge on any atom is 0.168 e. The van der Waals surface area contributed by atoms with E-state index in [2.05, 4.69) is 25.1 Å². The summed E-state index contributed by atoms with van der Waals surface area (Å²) in [7, 11) is 1.48. The fourth-order valence-electron chi connectivity index (χ4n) is 2.59. The first-order valence-electron chi connectivity index (χ1n) is 7.21. The summed E-state index contributed by atoms with van der Waals surface area (Å²) in [5.74, 6) is 0.231. The van der Waals surface area contributed by atoms with Crippen molar-refractivity contribution in [2.24, 2.45) is 11.7 Å². The van der Waals surface area contributed by atoms with Gasteiger partial charge in [-0.25, -0.2) is 4.39 Å². The van der Waals surface area contributed by atoms with Crippen molar-refractivity contribution >= 4 is 0 Å². The van der Waals surface area contributed by atoms with E-state index in [9.17, 15) is 4.39 Å². The topological polar surface area (TPSA) is 35.2 Å². The number of halogens is 1. The second-order valence-corrected chi connectivity index (χ2v) is 5.43. The van der Waals surface area contributed by atoms with E-state index >= 15 is 0 Å². The second kappa shape index (κ2) is 7.23. The maximum atomic E-state index is 14.2. The van der Waals surface area contributed by atoms with E-state index in [-0.39, 0.29) is 11.7 Å². The lowest BCUT2D eigenvalue weighted by Crippen LogP contribution is -2.20. The van der Waals surface area contributed by atoms with E-state index in [4.69, 9.17) is 10.5 Å². The third-order valence-corrected chi connectivity index (χ3v) is 3.71. The highest BCUT2D eigenvalue weighted by atomic mass is 19.1. The monoisotopic (exact) mass is 287 g/mol. The van der Waals surface area contributed by atoms with Gasteiger partial charge in [0.25, 0.3) is 0 Å². The van der Waals surface area contributed by atoms with E-state index in [1.54, 1.807) is 12.1 Å². The lowest BCUT2D eigenvalue weighted by Gasteiger charge is -2.16. The summed E-state index contributed by atoms with van der Waals surface area (Å²) in [6.45, 7) is 2.60. The van der Waals surface area contributed by atoms with Crippen molar-refractivity contribution in [3.05, 3.63) is 65.0 Å². The van der Waals surface area contributed by atoms with Crippen LogP contribution in [0.2, 0.25) is 0 Å². The van der Waals surface area contributed by atoms with Crippen molar-refractivity contribution in [1.82, 2.24) is 0 Å². The summed E-state index contributed by atoms with van der Waals surface area (Å²) in [5.41, 5.74) is 9.01. The smallest absolute Gasteiger partial charge is 0.168 e. The van der Waals surface area contributed by atoms with Crippen LogP contribution in [0.3, 0.4) is 0 Å². The van der Waals surface area contributed by atoms with Gasteiger partial charge in [-0.15, -0.1) is 0 Å². The number of rotatable bonds is 6. The molecular formula is C18H22FNO. The third kappa shape index (κ3) is 4.05. The normalized spacial score (nSPS) is 12.2. The minimum absolute atomic E-state index is 0.216. The number of nitrogens with two attached hydrogens (primary N) is 1. The summed E-state index contributed by atoms with van der Waals surface area (Å²) < 4.78 is 19.2. The van der Waals surface area contributed by atoms with Crippen LogP contribution in [0, 0.1) is 18.7 Å². The Bertz CT molecular complexity index is 598. The Balaban J connectivity index is 2.12. The molecule has 2 nitrogen and oxygen atoms in total. The quantitative estimate of drug-likeness (QED) is 0.882. The first kappa shape index (κ1) is 15.5. The number of hydrogen-bond donors (Lipinski definition) is 1. The van der Waals surface area contributed by atoms with Crippen molar-refractivity contribution < 1.29 is 9.13 Å². The minimum Gasteiger partial charge on any atom is -0.494 e. The molecule has 0 aromatic heterocycles. The Kier molecular flexibility index (Phi) is 5.34. The zero-order chi connectivity index (χ0) is 15.2. The van der Waals surface area contributed by atoms with Gasteiger partial charge in [-0.2, -0.15) is 0 Å². The van der Waals surface area contributed by atoms with Crippen LogP contribution >= 0.6 is 0 Å². The molecule has 21 heavy (non-hydrogen) atoms. The Morgan fingerprint density at radius 3 is 2.57 bits per heavy atom. The summed E-state index contributed by atoms with van der Waals surface area (Å²) >= 11 is 0. The first-order valence-corrected chi connectivity index (χ1v) is 7.21. The summed E-state index contributed by atoms with van der Waals surface area (Å²) in [5, 5.41) is 0. The van der Waals surface area contributed by atoms with Gasteiger partial charge in [-0.05, 0) is 49.4 Å². The Labute approximate surface area is 125 Å². The third-order valence-electron chi connectivity index (χ3n) is 3.71. The van der Waals surface area contributed by atoms with Crippen molar-refractivity contribution in [3.63, 3.8) is 0 Å². The molecule has 0 saturated heterocycles. The SMILES string of the molecule is COc1cccc(CC(CN)Cc2cccc(C)c2)c1F. The van der Waals surface area contributed by atoms with Crippen molar-refractivity contribution in [2.45, 2.75) is 19.8 Å². The fourth-order valence-corrected chi connectivity index (χ4v) is 2.59. The van der Waals surface area contributed by atoms with Gasteiger partial charge in [0.15, 0.2) is 11.6 Å². The number of benzene rings is 2. The van der Waals surface area contributed by atoms with Crippen LogP contribution in [0.5, 0.6) is 5.75 Å². The molecule has 0 aliphatic rings. The largest absolute Gasteiger partial charge is 0.494 e. The molecule has 0 amide bonds. The van der Waals surface area contributed by atoms with Crippen molar-refractivity contribution in [2.75, 3.05) is 13.7 Å². The highest BCUT2D eigenvalue weighted by Crippen LogP contribution is 2.23. The van der Waals surface area contributed by atoms with Gasteiger partial charge in [-0.1, -0.05) is 42.0 Å². The molecule has 0 heterocycles. The zero-order valence-electron chi connectivity index (χ0n) is 12.6. The molecule has 0 aliphatic heterocycles. The van der Waals surface area contributed by atoms with Gasteiger partial charge in [0.2, 0.25) is 0 Å². The number of ether oxygens (including phenoxy) is 1. The van der Waals surface area contributed by atoms with Gasteiger partial charge in [0, 0.05) is 0 Å². The van der Waals surface area contributed by atoms with Crippen LogP contribution in [0.4, 0.5) is 4.39 Å². The van der Waals surface area contributed by atoms with E-state index < -0.39 is 0 Å². The number of hydrogen-bond acceptors (Lipinski definition) is 2. The van der Waals surface area contributed by atoms with Crippen LogP contribution in [0.1, 0.15) is 16.7 Å². The molecule has 0 fully saturated rings. The molecule has 1 unspecified atom stereocenters. The van der Waals surface area contributed by atoms with E-state index in [0.717, 1.165) is 6.42 Å². The van der Waals surface area contributed by atoms with Crippen LogP contribution in [0.15, 0.2) is 42.5 Å². The van der Waals surface area contributed by atoms with Gasteiger partial charge in [0.1, 0.15) is 0 Å². The number of methoxy groups -OCH3 is 1. The molecule has 2 rings (SSSR count). The molecule has 1 atom stereocenters. The molecular weight excluding hydrogens is 265 g/mol. The van der Waals surface area contributed by atoms with Crippen molar-refractivity contribution in [1.29, 1.82) is 0 Å². The maximum absolute atomic E-state index is 14.2. The number of aryl methyl sites for hydroxylation is 1. The van der Waals surface area contributed by atoms with E-state index in [0.29, 0.717) is 24.3 Å². The molecule has 3 heteroatoms. The van der Waals surface area contributed by atoms with Gasteiger partial charge < -0.3 is 10.5 Å². The molecule has 0 saturated carbocycles. The fraction of sp³-hybridized carbons (Fsp3) is 0.333. The van der Waals surface area contributed by atoms with Crippen LogP contribution in [-0.4, -0.2) is 13.7 Å². The lowest BCUT2D eigenvalue weighted by molar-refractivity contribution is 0.382. The molecule has 0 spiro atoms. The molecule has 2 aromatic rings. The highest BCUT2D eigenvalue weighted by molar-refractivity contribution is 5.31. The zero-order valence-corrected chi connectivity index (χ0v) is 12.6. The van der Waals surface area contributed by atoms with Crippen LogP contribution < -0.4 is 10.5 Å². The van der Waals surface area contributed by atoms with Gasteiger partial charge in [-0.3, -0.25) is 0 Å².